The van der Waals surface area contributed by atoms with Crippen molar-refractivity contribution in [3.8, 4) is 0 Å². The summed E-state index contributed by atoms with van der Waals surface area (Å²) in [6.45, 7) is 3.72. The normalized spacial score (nSPS) is 12.8. The third-order valence-electron chi connectivity index (χ3n) is 3.07. The SMILES string of the molecule is CCCCc1nc2cc(Cl)cnc2n1C(C)C(=O)O. The number of unbranched alkanes of at least 4 members (excludes halogenated alkanes) is 1. The van der Waals surface area contributed by atoms with Crippen molar-refractivity contribution >= 4 is 28.7 Å². The summed E-state index contributed by atoms with van der Waals surface area (Å²) in [6.07, 6.45) is 4.24. The first-order valence-corrected chi connectivity index (χ1v) is 6.67. The van der Waals surface area contributed by atoms with Crippen LogP contribution in [-0.4, -0.2) is 25.6 Å². The van der Waals surface area contributed by atoms with Gasteiger partial charge in [0.05, 0.1) is 5.02 Å². The van der Waals surface area contributed by atoms with Crippen molar-refractivity contribution in [3.63, 3.8) is 0 Å². The molecule has 0 aliphatic heterocycles. The number of aliphatic carboxylic acids is 1. The van der Waals surface area contributed by atoms with Crippen LogP contribution in [0.25, 0.3) is 11.2 Å². The number of nitrogens with zero attached hydrogens (tertiary/aromatic N) is 3. The Kier molecular flexibility index (Phi) is 4.04. The average Bonchev–Trinajstić information content (AvgIpc) is 2.72. The minimum Gasteiger partial charge on any atom is -0.480 e. The number of carboxylic acid groups (broad SMARTS) is 1. The van der Waals surface area contributed by atoms with E-state index in [1.54, 1.807) is 17.6 Å². The van der Waals surface area contributed by atoms with Crippen LogP contribution in [0.1, 0.15) is 38.6 Å². The third kappa shape index (κ3) is 2.71. The van der Waals surface area contributed by atoms with Gasteiger partial charge in [-0.3, -0.25) is 4.57 Å². The summed E-state index contributed by atoms with van der Waals surface area (Å²) in [7, 11) is 0. The van der Waals surface area contributed by atoms with E-state index in [2.05, 4.69) is 16.9 Å². The van der Waals surface area contributed by atoms with Gasteiger partial charge >= 0.3 is 5.97 Å². The first-order valence-electron chi connectivity index (χ1n) is 6.29. The maximum atomic E-state index is 11.2. The van der Waals surface area contributed by atoms with Gasteiger partial charge in [-0.2, -0.15) is 0 Å². The average molecular weight is 282 g/mol. The summed E-state index contributed by atoms with van der Waals surface area (Å²) in [5.41, 5.74) is 1.22. The highest BCUT2D eigenvalue weighted by atomic mass is 35.5. The van der Waals surface area contributed by atoms with Crippen LogP contribution in [0.15, 0.2) is 12.3 Å². The molecule has 2 rings (SSSR count). The largest absolute Gasteiger partial charge is 0.480 e. The fourth-order valence-corrected chi connectivity index (χ4v) is 2.19. The molecular formula is C13H16ClN3O2. The lowest BCUT2D eigenvalue weighted by molar-refractivity contribution is -0.140. The highest BCUT2D eigenvalue weighted by Gasteiger charge is 2.21. The molecule has 0 amide bonds. The number of halogens is 1. The van der Waals surface area contributed by atoms with Crippen LogP contribution in [0.4, 0.5) is 0 Å². The van der Waals surface area contributed by atoms with Crippen molar-refractivity contribution in [2.75, 3.05) is 0 Å². The minimum atomic E-state index is -0.895. The van der Waals surface area contributed by atoms with E-state index in [4.69, 9.17) is 11.6 Å². The van der Waals surface area contributed by atoms with Crippen molar-refractivity contribution in [1.29, 1.82) is 0 Å². The van der Waals surface area contributed by atoms with E-state index in [0.29, 0.717) is 16.2 Å². The highest BCUT2D eigenvalue weighted by Crippen LogP contribution is 2.23. The number of hydrogen-bond donors (Lipinski definition) is 1. The number of hydrogen-bond acceptors (Lipinski definition) is 3. The second-order valence-electron chi connectivity index (χ2n) is 4.51. The molecule has 5 nitrogen and oxygen atoms in total. The molecular weight excluding hydrogens is 266 g/mol. The molecule has 0 saturated heterocycles. The number of aryl methyl sites for hydroxylation is 1. The number of carbonyl (C=O) groups is 1. The molecule has 0 radical (unpaired) electrons. The molecule has 1 unspecified atom stereocenters. The van der Waals surface area contributed by atoms with Crippen molar-refractivity contribution < 1.29 is 9.90 Å². The molecule has 1 atom stereocenters. The number of carboxylic acids is 1. The molecule has 0 aliphatic rings. The van der Waals surface area contributed by atoms with Crippen molar-refractivity contribution in [2.45, 2.75) is 39.2 Å². The van der Waals surface area contributed by atoms with Crippen LogP contribution >= 0.6 is 11.6 Å². The maximum Gasteiger partial charge on any atom is 0.326 e. The summed E-state index contributed by atoms with van der Waals surface area (Å²) >= 11 is 5.90. The second kappa shape index (κ2) is 5.57. The molecule has 19 heavy (non-hydrogen) atoms. The van der Waals surface area contributed by atoms with Gasteiger partial charge in [-0.1, -0.05) is 24.9 Å². The van der Waals surface area contributed by atoms with E-state index in [9.17, 15) is 9.90 Å². The monoisotopic (exact) mass is 281 g/mol. The number of fused-ring (bicyclic) bond motifs is 1. The third-order valence-corrected chi connectivity index (χ3v) is 3.27. The smallest absolute Gasteiger partial charge is 0.326 e. The Labute approximate surface area is 116 Å². The fraction of sp³-hybridized carbons (Fsp3) is 0.462. The number of rotatable bonds is 5. The lowest BCUT2D eigenvalue weighted by atomic mass is 10.2. The van der Waals surface area contributed by atoms with E-state index in [1.807, 2.05) is 0 Å². The topological polar surface area (TPSA) is 68.0 Å². The minimum absolute atomic E-state index is 0.502. The van der Waals surface area contributed by atoms with Crippen LogP contribution < -0.4 is 0 Å². The van der Waals surface area contributed by atoms with Gasteiger partial charge in [0, 0.05) is 12.6 Å². The predicted octanol–water partition coefficient (Wildman–Crippen LogP) is 3.07. The van der Waals surface area contributed by atoms with Crippen LogP contribution in [0.5, 0.6) is 0 Å². The fourth-order valence-electron chi connectivity index (χ4n) is 2.03. The van der Waals surface area contributed by atoms with E-state index in [1.165, 1.54) is 6.20 Å². The maximum absolute atomic E-state index is 11.2. The first-order chi connectivity index (χ1) is 9.04. The highest BCUT2D eigenvalue weighted by molar-refractivity contribution is 6.31. The van der Waals surface area contributed by atoms with Crippen LogP contribution in [0, 0.1) is 0 Å². The van der Waals surface area contributed by atoms with Crippen LogP contribution in [0.2, 0.25) is 5.02 Å². The summed E-state index contributed by atoms with van der Waals surface area (Å²) < 4.78 is 1.68. The molecule has 102 valence electrons. The van der Waals surface area contributed by atoms with Gasteiger partial charge in [0.15, 0.2) is 5.65 Å². The zero-order valence-electron chi connectivity index (χ0n) is 10.9. The van der Waals surface area contributed by atoms with Gasteiger partial charge in [-0.15, -0.1) is 0 Å². The Morgan fingerprint density at radius 1 is 1.58 bits per heavy atom. The quantitative estimate of drug-likeness (QED) is 0.914. The number of pyridine rings is 1. The molecule has 2 aromatic rings. The van der Waals surface area contributed by atoms with E-state index in [0.717, 1.165) is 25.1 Å². The van der Waals surface area contributed by atoms with Crippen LogP contribution in [-0.2, 0) is 11.2 Å². The molecule has 2 heterocycles. The van der Waals surface area contributed by atoms with E-state index < -0.39 is 12.0 Å². The van der Waals surface area contributed by atoms with Gasteiger partial charge in [0.2, 0.25) is 0 Å². The second-order valence-corrected chi connectivity index (χ2v) is 4.95. The molecule has 0 bridgehead atoms. The summed E-state index contributed by atoms with van der Waals surface area (Å²) in [6, 6.07) is 1.02. The Balaban J connectivity index is 2.57. The molecule has 0 saturated carbocycles. The number of imidazole rings is 1. The van der Waals surface area contributed by atoms with Gasteiger partial charge in [-0.05, 0) is 19.4 Å². The molecule has 0 aliphatic carbocycles. The van der Waals surface area contributed by atoms with Crippen molar-refractivity contribution in [3.05, 3.63) is 23.1 Å². The Morgan fingerprint density at radius 3 is 2.95 bits per heavy atom. The van der Waals surface area contributed by atoms with Gasteiger partial charge in [-0.25, -0.2) is 14.8 Å². The molecule has 0 spiro atoms. The molecule has 1 N–H and O–H groups in total. The van der Waals surface area contributed by atoms with Gasteiger partial charge < -0.3 is 5.11 Å². The van der Waals surface area contributed by atoms with Gasteiger partial charge in [0.25, 0.3) is 0 Å². The number of aromatic nitrogens is 3. The Morgan fingerprint density at radius 2 is 2.32 bits per heavy atom. The molecule has 0 fully saturated rings. The standard InChI is InChI=1S/C13H16ClN3O2/c1-3-4-5-11-16-10-6-9(14)7-15-12(10)17(11)8(2)13(18)19/h6-8H,3-5H2,1-2H3,(H,18,19). The predicted molar refractivity (Wildman–Crippen MR) is 73.5 cm³/mol. The van der Waals surface area contributed by atoms with Gasteiger partial charge in [0.1, 0.15) is 17.4 Å². The molecule has 0 aromatic carbocycles. The summed E-state index contributed by atoms with van der Waals surface area (Å²) in [5, 5.41) is 9.72. The summed E-state index contributed by atoms with van der Waals surface area (Å²) in [5.74, 6) is -0.143. The van der Waals surface area contributed by atoms with Crippen LogP contribution in [0.3, 0.4) is 0 Å². The van der Waals surface area contributed by atoms with Crippen molar-refractivity contribution in [1.82, 2.24) is 14.5 Å². The first kappa shape index (κ1) is 13.8. The van der Waals surface area contributed by atoms with E-state index in [-0.39, 0.29) is 0 Å². The molecule has 2 aromatic heterocycles. The lowest BCUT2D eigenvalue weighted by Crippen LogP contribution is -2.18. The van der Waals surface area contributed by atoms with Crippen molar-refractivity contribution in [2.24, 2.45) is 0 Å². The Hall–Kier alpha value is -1.62. The zero-order chi connectivity index (χ0) is 14.0. The summed E-state index contributed by atoms with van der Waals surface area (Å²) in [4.78, 5) is 19.9. The lowest BCUT2D eigenvalue weighted by Gasteiger charge is -2.12. The zero-order valence-corrected chi connectivity index (χ0v) is 11.7. The van der Waals surface area contributed by atoms with E-state index >= 15 is 0 Å². The Bertz CT molecular complexity index is 609. The molecule has 6 heteroatoms.